The molecule has 3 N–H and O–H groups in total. The third kappa shape index (κ3) is 4.15. The molecule has 1 aromatic carbocycles. The molecular weight excluding hydrogens is 234 g/mol. The first kappa shape index (κ1) is 13.5. The number of rotatable bonds is 6. The Labute approximate surface area is 104 Å². The molecule has 18 heavy (non-hydrogen) atoms. The molecule has 0 radical (unpaired) electrons. The molecule has 7 heteroatoms. The van der Waals surface area contributed by atoms with E-state index in [1.807, 2.05) is 0 Å². The smallest absolute Gasteiger partial charge is 0.251 e. The molecule has 0 atom stereocenters. The monoisotopic (exact) mass is 247 g/mol. The molecule has 0 aromatic heterocycles. The van der Waals surface area contributed by atoms with Crippen LogP contribution in [0.2, 0.25) is 0 Å². The topological polar surface area (TPSA) is 121 Å². The number of nitrogens with zero attached hydrogens (tertiary/aromatic N) is 3. The lowest BCUT2D eigenvalue weighted by atomic mass is 10.1. The largest absolute Gasteiger partial charge is 0.366 e. The third-order valence-electron chi connectivity index (χ3n) is 2.19. The van der Waals surface area contributed by atoms with Gasteiger partial charge < -0.3 is 11.1 Å². The van der Waals surface area contributed by atoms with Crippen LogP contribution in [0.15, 0.2) is 29.4 Å². The van der Waals surface area contributed by atoms with Crippen LogP contribution in [0.4, 0.5) is 0 Å². The first-order valence-electron chi connectivity index (χ1n) is 5.34. The minimum Gasteiger partial charge on any atom is -0.366 e. The van der Waals surface area contributed by atoms with Crippen LogP contribution in [0.1, 0.15) is 27.1 Å². The molecule has 2 amide bonds. The number of carbonyl (C=O) groups is 2. The Morgan fingerprint density at radius 3 is 2.78 bits per heavy atom. The minimum absolute atomic E-state index is 0.289. The normalized spacial score (nSPS) is 9.33. The van der Waals surface area contributed by atoms with Crippen LogP contribution in [0.3, 0.4) is 0 Å². The third-order valence-corrected chi connectivity index (χ3v) is 2.19. The summed E-state index contributed by atoms with van der Waals surface area (Å²) in [5, 5.41) is 6.00. The van der Waals surface area contributed by atoms with E-state index in [0.29, 0.717) is 25.1 Å². The van der Waals surface area contributed by atoms with Gasteiger partial charge in [0.25, 0.3) is 5.91 Å². The number of nitrogens with two attached hydrogens (primary N) is 1. The standard InChI is InChI=1S/C11H13N5O2/c12-10(17)8-3-1-4-9(7-8)11(18)14-5-2-6-15-16-13/h1,3-4,7H,2,5-6H2,(H2,12,17)(H,14,18). The molecule has 0 unspecified atom stereocenters. The molecule has 0 saturated heterocycles. The first-order valence-corrected chi connectivity index (χ1v) is 5.34. The van der Waals surface area contributed by atoms with Crippen LogP contribution in [0, 0.1) is 0 Å². The average molecular weight is 247 g/mol. The van der Waals surface area contributed by atoms with E-state index in [1.54, 1.807) is 18.2 Å². The van der Waals surface area contributed by atoms with Gasteiger partial charge in [0.15, 0.2) is 0 Å². The van der Waals surface area contributed by atoms with Gasteiger partial charge in [-0.05, 0) is 30.2 Å². The van der Waals surface area contributed by atoms with Gasteiger partial charge in [0, 0.05) is 29.1 Å². The van der Waals surface area contributed by atoms with E-state index in [9.17, 15) is 9.59 Å². The molecule has 0 saturated carbocycles. The summed E-state index contributed by atoms with van der Waals surface area (Å²) >= 11 is 0. The van der Waals surface area contributed by atoms with Gasteiger partial charge in [-0.1, -0.05) is 11.2 Å². The zero-order valence-corrected chi connectivity index (χ0v) is 9.67. The molecule has 0 spiro atoms. The van der Waals surface area contributed by atoms with E-state index >= 15 is 0 Å². The molecule has 0 bridgehead atoms. The quantitative estimate of drug-likeness (QED) is 0.340. The van der Waals surface area contributed by atoms with Crippen LogP contribution >= 0.6 is 0 Å². The Bertz CT molecular complexity index is 494. The van der Waals surface area contributed by atoms with Gasteiger partial charge in [0.1, 0.15) is 0 Å². The summed E-state index contributed by atoms with van der Waals surface area (Å²) < 4.78 is 0. The predicted octanol–water partition coefficient (Wildman–Crippen LogP) is 1.22. The Morgan fingerprint density at radius 2 is 2.11 bits per heavy atom. The van der Waals surface area contributed by atoms with Crippen LogP contribution in [-0.4, -0.2) is 24.9 Å². The van der Waals surface area contributed by atoms with Gasteiger partial charge >= 0.3 is 0 Å². The van der Waals surface area contributed by atoms with Crippen molar-refractivity contribution in [3.8, 4) is 0 Å². The van der Waals surface area contributed by atoms with Crippen LogP contribution < -0.4 is 11.1 Å². The average Bonchev–Trinajstić information content (AvgIpc) is 2.38. The molecule has 0 aliphatic heterocycles. The number of nitrogens with one attached hydrogen (secondary N) is 1. The van der Waals surface area contributed by atoms with Gasteiger partial charge in [0.05, 0.1) is 0 Å². The van der Waals surface area contributed by atoms with Crippen molar-refractivity contribution in [2.45, 2.75) is 6.42 Å². The van der Waals surface area contributed by atoms with Crippen molar-refractivity contribution < 1.29 is 9.59 Å². The van der Waals surface area contributed by atoms with Crippen molar-refractivity contribution in [1.29, 1.82) is 0 Å². The van der Waals surface area contributed by atoms with Gasteiger partial charge in [-0.25, -0.2) is 0 Å². The highest BCUT2D eigenvalue weighted by molar-refractivity contribution is 5.99. The SMILES string of the molecule is [N-]=[N+]=NCCCNC(=O)c1cccc(C(N)=O)c1. The zero-order valence-electron chi connectivity index (χ0n) is 9.67. The first-order chi connectivity index (χ1) is 8.65. The number of hydrogen-bond acceptors (Lipinski definition) is 3. The Hall–Kier alpha value is -2.53. The molecule has 7 nitrogen and oxygen atoms in total. The maximum Gasteiger partial charge on any atom is 0.251 e. The number of amides is 2. The van der Waals surface area contributed by atoms with E-state index in [1.165, 1.54) is 6.07 Å². The van der Waals surface area contributed by atoms with E-state index in [4.69, 9.17) is 11.3 Å². The van der Waals surface area contributed by atoms with E-state index in [2.05, 4.69) is 15.3 Å². The van der Waals surface area contributed by atoms with Crippen LogP contribution in [-0.2, 0) is 0 Å². The Kier molecular flexibility index (Phi) is 5.21. The summed E-state index contributed by atoms with van der Waals surface area (Å²) in [6, 6.07) is 6.16. The molecule has 1 rings (SSSR count). The highest BCUT2D eigenvalue weighted by Gasteiger charge is 2.07. The highest BCUT2D eigenvalue weighted by atomic mass is 16.2. The molecule has 94 valence electrons. The van der Waals surface area contributed by atoms with Crippen molar-refractivity contribution in [3.05, 3.63) is 45.8 Å². The summed E-state index contributed by atoms with van der Waals surface area (Å²) in [7, 11) is 0. The second kappa shape index (κ2) is 6.93. The van der Waals surface area contributed by atoms with E-state index in [-0.39, 0.29) is 11.5 Å². The van der Waals surface area contributed by atoms with Crippen molar-refractivity contribution >= 4 is 11.8 Å². The highest BCUT2D eigenvalue weighted by Crippen LogP contribution is 2.04. The lowest BCUT2D eigenvalue weighted by Crippen LogP contribution is -2.25. The summed E-state index contributed by atoms with van der Waals surface area (Å²) in [5.74, 6) is -0.868. The lowest BCUT2D eigenvalue weighted by Gasteiger charge is -2.04. The fourth-order valence-corrected chi connectivity index (χ4v) is 1.31. The van der Waals surface area contributed by atoms with E-state index < -0.39 is 5.91 Å². The molecule has 0 fully saturated rings. The number of carbonyl (C=O) groups excluding carboxylic acids is 2. The Balaban J connectivity index is 2.53. The summed E-state index contributed by atoms with van der Waals surface area (Å²) in [5.41, 5.74) is 13.8. The summed E-state index contributed by atoms with van der Waals surface area (Å²) in [4.78, 5) is 25.2. The second-order valence-electron chi connectivity index (χ2n) is 3.51. The van der Waals surface area contributed by atoms with Crippen molar-refractivity contribution in [3.63, 3.8) is 0 Å². The molecule has 1 aromatic rings. The van der Waals surface area contributed by atoms with Gasteiger partial charge in [-0.3, -0.25) is 9.59 Å². The van der Waals surface area contributed by atoms with Crippen LogP contribution in [0.25, 0.3) is 10.4 Å². The predicted molar refractivity (Wildman–Crippen MR) is 65.9 cm³/mol. The number of benzene rings is 1. The molecule has 0 aliphatic carbocycles. The van der Waals surface area contributed by atoms with Gasteiger partial charge in [0.2, 0.25) is 5.91 Å². The number of hydrogen-bond donors (Lipinski definition) is 2. The fourth-order valence-electron chi connectivity index (χ4n) is 1.31. The maximum atomic E-state index is 11.7. The summed E-state index contributed by atoms with van der Waals surface area (Å²) in [6.07, 6.45) is 0.561. The van der Waals surface area contributed by atoms with Gasteiger partial charge in [-0.2, -0.15) is 0 Å². The molecule has 0 heterocycles. The zero-order chi connectivity index (χ0) is 13.4. The van der Waals surface area contributed by atoms with E-state index in [0.717, 1.165) is 0 Å². The van der Waals surface area contributed by atoms with Crippen molar-refractivity contribution in [1.82, 2.24) is 5.32 Å². The lowest BCUT2D eigenvalue weighted by molar-refractivity contribution is 0.0953. The molecule has 0 aliphatic rings. The number of primary amides is 1. The number of azide groups is 1. The summed E-state index contributed by atoms with van der Waals surface area (Å²) in [6.45, 7) is 0.733. The van der Waals surface area contributed by atoms with Crippen molar-refractivity contribution in [2.75, 3.05) is 13.1 Å². The maximum absolute atomic E-state index is 11.7. The molecular formula is C11H13N5O2. The Morgan fingerprint density at radius 1 is 1.39 bits per heavy atom. The minimum atomic E-state index is -0.576. The van der Waals surface area contributed by atoms with Gasteiger partial charge in [-0.15, -0.1) is 0 Å². The second-order valence-corrected chi connectivity index (χ2v) is 3.51. The van der Waals surface area contributed by atoms with Crippen LogP contribution in [0.5, 0.6) is 0 Å². The van der Waals surface area contributed by atoms with Crippen molar-refractivity contribution in [2.24, 2.45) is 10.8 Å². The fraction of sp³-hybridized carbons (Fsp3) is 0.273.